The third-order valence-electron chi connectivity index (χ3n) is 5.07. The molecule has 2 nitrogen and oxygen atoms in total. The molecule has 3 rings (SSSR count). The fraction of sp³-hybridized carbons (Fsp3) is 0.217. The minimum Gasteiger partial charge on any atom is -0.508 e. The Labute approximate surface area is 149 Å². The lowest BCUT2D eigenvalue weighted by molar-refractivity contribution is 0.468. The molecule has 0 amide bonds. The summed E-state index contributed by atoms with van der Waals surface area (Å²) in [5.41, 5.74) is 5.02. The van der Waals surface area contributed by atoms with E-state index in [2.05, 4.69) is 43.3 Å². The molecule has 0 atom stereocenters. The third-order valence-corrected chi connectivity index (χ3v) is 5.07. The van der Waals surface area contributed by atoms with Crippen LogP contribution in [0.2, 0.25) is 0 Å². The van der Waals surface area contributed by atoms with Crippen LogP contribution in [0.25, 0.3) is 0 Å². The average Bonchev–Trinajstić information content (AvgIpc) is 2.60. The molecule has 128 valence electrons. The normalized spacial score (nSPS) is 11.5. The molecule has 0 spiro atoms. The Morgan fingerprint density at radius 2 is 1.20 bits per heavy atom. The number of hydrogen-bond donors (Lipinski definition) is 2. The highest BCUT2D eigenvalue weighted by molar-refractivity contribution is 5.48. The fourth-order valence-corrected chi connectivity index (χ4v) is 3.37. The van der Waals surface area contributed by atoms with Gasteiger partial charge >= 0.3 is 0 Å². The summed E-state index contributed by atoms with van der Waals surface area (Å²) >= 11 is 0. The van der Waals surface area contributed by atoms with Crippen molar-refractivity contribution in [3.05, 3.63) is 94.5 Å². The fourth-order valence-electron chi connectivity index (χ4n) is 3.37. The molecular weight excluding hydrogens is 308 g/mol. The van der Waals surface area contributed by atoms with E-state index in [4.69, 9.17) is 0 Å². The number of hydrogen-bond acceptors (Lipinski definition) is 2. The summed E-state index contributed by atoms with van der Waals surface area (Å²) in [4.78, 5) is 0. The van der Waals surface area contributed by atoms with Gasteiger partial charge in [-0.05, 0) is 60.2 Å². The molecule has 0 radical (unpaired) electrons. The molecule has 0 aliphatic carbocycles. The van der Waals surface area contributed by atoms with E-state index in [9.17, 15) is 10.2 Å². The van der Waals surface area contributed by atoms with Gasteiger partial charge in [0.05, 0.1) is 0 Å². The second kappa shape index (κ2) is 6.64. The number of aromatic hydroxyl groups is 2. The number of phenols is 2. The Bertz CT molecular complexity index is 830. The monoisotopic (exact) mass is 332 g/mol. The quantitative estimate of drug-likeness (QED) is 0.684. The number of phenolic OH excluding ortho intramolecular Hbond substituents is 2. The standard InChI is InChI=1S/C23H24O2/c1-16-13-19(9-11-21(16)24)23(3,15-18-7-5-4-6-8-18)20-10-12-22(25)17(2)14-20/h4-14,24-25H,15H2,1-3H3. The second-order valence-corrected chi connectivity index (χ2v) is 7.00. The summed E-state index contributed by atoms with van der Waals surface area (Å²) in [6, 6.07) is 22.0. The molecule has 0 saturated heterocycles. The van der Waals surface area contributed by atoms with Crippen LogP contribution >= 0.6 is 0 Å². The van der Waals surface area contributed by atoms with Crippen molar-refractivity contribution in [3.63, 3.8) is 0 Å². The van der Waals surface area contributed by atoms with Gasteiger partial charge in [-0.2, -0.15) is 0 Å². The van der Waals surface area contributed by atoms with Gasteiger partial charge in [0.15, 0.2) is 0 Å². The van der Waals surface area contributed by atoms with E-state index < -0.39 is 0 Å². The second-order valence-electron chi connectivity index (χ2n) is 7.00. The van der Waals surface area contributed by atoms with Crippen molar-refractivity contribution in [1.29, 1.82) is 0 Å². The van der Waals surface area contributed by atoms with Crippen LogP contribution in [0.3, 0.4) is 0 Å². The lowest BCUT2D eigenvalue weighted by Gasteiger charge is -2.32. The van der Waals surface area contributed by atoms with Gasteiger partial charge in [0.25, 0.3) is 0 Å². The minimum atomic E-state index is -0.266. The van der Waals surface area contributed by atoms with E-state index in [0.29, 0.717) is 11.5 Å². The molecule has 2 heteroatoms. The zero-order valence-corrected chi connectivity index (χ0v) is 15.0. The Morgan fingerprint density at radius 1 is 0.720 bits per heavy atom. The van der Waals surface area contributed by atoms with E-state index in [0.717, 1.165) is 28.7 Å². The first-order chi connectivity index (χ1) is 11.9. The molecule has 3 aromatic rings. The summed E-state index contributed by atoms with van der Waals surface area (Å²) in [7, 11) is 0. The zero-order chi connectivity index (χ0) is 18.0. The lowest BCUT2D eigenvalue weighted by atomic mass is 9.71. The van der Waals surface area contributed by atoms with Gasteiger partial charge in [-0.1, -0.05) is 61.5 Å². The van der Waals surface area contributed by atoms with E-state index >= 15 is 0 Å². The Morgan fingerprint density at radius 3 is 1.64 bits per heavy atom. The number of aryl methyl sites for hydroxylation is 2. The number of rotatable bonds is 4. The first-order valence-electron chi connectivity index (χ1n) is 8.54. The first-order valence-corrected chi connectivity index (χ1v) is 8.54. The van der Waals surface area contributed by atoms with Gasteiger partial charge in [-0.25, -0.2) is 0 Å². The number of benzene rings is 3. The van der Waals surface area contributed by atoms with Gasteiger partial charge < -0.3 is 10.2 Å². The molecular formula is C23H24O2. The molecule has 25 heavy (non-hydrogen) atoms. The van der Waals surface area contributed by atoms with Crippen LogP contribution in [0.5, 0.6) is 11.5 Å². The zero-order valence-electron chi connectivity index (χ0n) is 15.0. The SMILES string of the molecule is Cc1cc(C(C)(Cc2ccccc2)c2ccc(O)c(C)c2)ccc1O. The van der Waals surface area contributed by atoms with Gasteiger partial charge in [0.2, 0.25) is 0 Å². The van der Waals surface area contributed by atoms with Crippen molar-refractivity contribution < 1.29 is 10.2 Å². The van der Waals surface area contributed by atoms with Crippen molar-refractivity contribution in [1.82, 2.24) is 0 Å². The first kappa shape index (κ1) is 17.1. The average molecular weight is 332 g/mol. The van der Waals surface area contributed by atoms with Crippen molar-refractivity contribution in [2.45, 2.75) is 32.6 Å². The predicted molar refractivity (Wildman–Crippen MR) is 102 cm³/mol. The lowest BCUT2D eigenvalue weighted by Crippen LogP contribution is -2.27. The Kier molecular flexibility index (Phi) is 4.54. The van der Waals surface area contributed by atoms with Crippen LogP contribution in [0.1, 0.15) is 34.7 Å². The van der Waals surface area contributed by atoms with Crippen LogP contribution in [0, 0.1) is 13.8 Å². The van der Waals surface area contributed by atoms with Crippen LogP contribution in [-0.4, -0.2) is 10.2 Å². The van der Waals surface area contributed by atoms with Crippen molar-refractivity contribution >= 4 is 0 Å². The highest BCUT2D eigenvalue weighted by Gasteiger charge is 2.30. The smallest absolute Gasteiger partial charge is 0.118 e. The third kappa shape index (κ3) is 3.39. The summed E-state index contributed by atoms with van der Waals surface area (Å²) in [6.45, 7) is 6.06. The molecule has 0 saturated carbocycles. The summed E-state index contributed by atoms with van der Waals surface area (Å²) in [6.07, 6.45) is 0.836. The highest BCUT2D eigenvalue weighted by atomic mass is 16.3. The maximum Gasteiger partial charge on any atom is 0.118 e. The van der Waals surface area contributed by atoms with Gasteiger partial charge in [-0.3, -0.25) is 0 Å². The summed E-state index contributed by atoms with van der Waals surface area (Å²) in [5.74, 6) is 0.625. The van der Waals surface area contributed by atoms with Crippen LogP contribution in [-0.2, 0) is 11.8 Å². The molecule has 0 aliphatic heterocycles. The molecule has 0 aliphatic rings. The summed E-state index contributed by atoms with van der Waals surface area (Å²) in [5, 5.41) is 19.8. The topological polar surface area (TPSA) is 40.5 Å². The van der Waals surface area contributed by atoms with Crippen molar-refractivity contribution in [2.24, 2.45) is 0 Å². The molecule has 0 bridgehead atoms. The summed E-state index contributed by atoms with van der Waals surface area (Å²) < 4.78 is 0. The van der Waals surface area contributed by atoms with Gasteiger partial charge in [0.1, 0.15) is 11.5 Å². The largest absolute Gasteiger partial charge is 0.508 e. The van der Waals surface area contributed by atoms with E-state index in [1.54, 1.807) is 12.1 Å². The molecule has 0 unspecified atom stereocenters. The maximum absolute atomic E-state index is 9.92. The van der Waals surface area contributed by atoms with Crippen LogP contribution in [0.4, 0.5) is 0 Å². The maximum atomic E-state index is 9.92. The molecule has 2 N–H and O–H groups in total. The van der Waals surface area contributed by atoms with Crippen molar-refractivity contribution in [2.75, 3.05) is 0 Å². The molecule has 0 heterocycles. The predicted octanol–water partition coefficient (Wildman–Crippen LogP) is 5.26. The van der Waals surface area contributed by atoms with Crippen molar-refractivity contribution in [3.8, 4) is 11.5 Å². The van der Waals surface area contributed by atoms with Crippen LogP contribution < -0.4 is 0 Å². The molecule has 0 aromatic heterocycles. The minimum absolute atomic E-state index is 0.266. The van der Waals surface area contributed by atoms with Crippen LogP contribution in [0.15, 0.2) is 66.7 Å². The molecule has 3 aromatic carbocycles. The van der Waals surface area contributed by atoms with Gasteiger partial charge in [0, 0.05) is 5.41 Å². The Balaban J connectivity index is 2.15. The van der Waals surface area contributed by atoms with E-state index in [1.807, 2.05) is 32.0 Å². The van der Waals surface area contributed by atoms with E-state index in [1.165, 1.54) is 5.56 Å². The highest BCUT2D eigenvalue weighted by Crippen LogP contribution is 2.38. The van der Waals surface area contributed by atoms with E-state index in [-0.39, 0.29) is 5.41 Å². The molecule has 0 fully saturated rings. The van der Waals surface area contributed by atoms with Gasteiger partial charge in [-0.15, -0.1) is 0 Å². The Hall–Kier alpha value is -2.74.